The van der Waals surface area contributed by atoms with E-state index in [-0.39, 0.29) is 39.7 Å². The lowest BCUT2D eigenvalue weighted by molar-refractivity contribution is -0.118. The molecular weight excluding hydrogens is 306 g/mol. The number of aromatic hydroxyl groups is 1. The van der Waals surface area contributed by atoms with E-state index in [4.69, 9.17) is 4.42 Å². The number of hydrogen-bond acceptors (Lipinski definition) is 6. The number of hydrogen-bond donors (Lipinski definition) is 3. The van der Waals surface area contributed by atoms with E-state index in [1.807, 2.05) is 0 Å². The molecule has 0 aliphatic carbocycles. The molecule has 1 amide bonds. The standard InChI is InChI=1S/C14H17N3O4S/c1-8(2)11-12(19)16-14(17-13(11)20)22-7-10(18)15-6-9-4-3-5-21-9/h3-5,8H,6-7H2,1-2H3,(H,15,18)(H2,16,17,19,20). The fourth-order valence-corrected chi connectivity index (χ4v) is 2.51. The monoisotopic (exact) mass is 323 g/mol. The van der Waals surface area contributed by atoms with Crippen LogP contribution >= 0.6 is 11.8 Å². The Hall–Kier alpha value is -2.22. The summed E-state index contributed by atoms with van der Waals surface area (Å²) in [6.45, 7) is 3.88. The van der Waals surface area contributed by atoms with E-state index in [0.717, 1.165) is 11.8 Å². The molecule has 2 heterocycles. The molecule has 0 spiro atoms. The van der Waals surface area contributed by atoms with Gasteiger partial charge in [0.25, 0.3) is 5.56 Å². The lowest BCUT2D eigenvalue weighted by atomic mass is 10.1. The van der Waals surface area contributed by atoms with Crippen LogP contribution in [0, 0.1) is 0 Å². The van der Waals surface area contributed by atoms with Gasteiger partial charge >= 0.3 is 0 Å². The van der Waals surface area contributed by atoms with Crippen molar-refractivity contribution in [1.82, 2.24) is 15.3 Å². The SMILES string of the molecule is CC(C)c1c(O)nc(SCC(=O)NCc2ccco2)[nH]c1=O. The Morgan fingerprint density at radius 2 is 2.32 bits per heavy atom. The summed E-state index contributed by atoms with van der Waals surface area (Å²) in [5.74, 6) is 0.0776. The first-order chi connectivity index (χ1) is 10.5. The van der Waals surface area contributed by atoms with Crippen LogP contribution in [-0.2, 0) is 11.3 Å². The van der Waals surface area contributed by atoms with Gasteiger partial charge < -0.3 is 19.8 Å². The van der Waals surface area contributed by atoms with Crippen LogP contribution in [0.5, 0.6) is 5.88 Å². The van der Waals surface area contributed by atoms with Gasteiger partial charge in [0.2, 0.25) is 11.8 Å². The van der Waals surface area contributed by atoms with Crippen LogP contribution in [0.3, 0.4) is 0 Å². The smallest absolute Gasteiger partial charge is 0.258 e. The Bertz CT molecular complexity index is 695. The zero-order valence-electron chi connectivity index (χ0n) is 12.3. The second-order valence-corrected chi connectivity index (χ2v) is 5.87. The minimum atomic E-state index is -0.388. The molecule has 0 bridgehead atoms. The molecule has 0 aliphatic heterocycles. The quantitative estimate of drug-likeness (QED) is 0.550. The molecule has 2 aromatic rings. The molecule has 0 saturated heterocycles. The average molecular weight is 323 g/mol. The highest BCUT2D eigenvalue weighted by Gasteiger charge is 2.15. The van der Waals surface area contributed by atoms with E-state index in [1.54, 1.807) is 26.0 Å². The summed E-state index contributed by atoms with van der Waals surface area (Å²) in [6, 6.07) is 3.50. The van der Waals surface area contributed by atoms with Gasteiger partial charge in [-0.2, -0.15) is 4.98 Å². The highest BCUT2D eigenvalue weighted by atomic mass is 32.2. The number of aromatic nitrogens is 2. The van der Waals surface area contributed by atoms with Gasteiger partial charge in [0, 0.05) is 0 Å². The first-order valence-electron chi connectivity index (χ1n) is 6.72. The fourth-order valence-electron chi connectivity index (χ4n) is 1.82. The van der Waals surface area contributed by atoms with E-state index in [1.165, 1.54) is 6.26 Å². The number of thioether (sulfide) groups is 1. The zero-order valence-corrected chi connectivity index (χ0v) is 13.1. The van der Waals surface area contributed by atoms with Gasteiger partial charge in [-0.05, 0) is 18.1 Å². The van der Waals surface area contributed by atoms with Crippen molar-refractivity contribution in [1.29, 1.82) is 0 Å². The third kappa shape index (κ3) is 4.14. The average Bonchev–Trinajstić information content (AvgIpc) is 2.95. The molecule has 0 fully saturated rings. The van der Waals surface area contributed by atoms with Gasteiger partial charge in [0.05, 0.1) is 24.1 Å². The van der Waals surface area contributed by atoms with Crippen molar-refractivity contribution in [2.45, 2.75) is 31.5 Å². The first kappa shape index (κ1) is 16.2. The molecular formula is C14H17N3O4S. The van der Waals surface area contributed by atoms with Gasteiger partial charge in [-0.3, -0.25) is 9.59 Å². The van der Waals surface area contributed by atoms with Crippen molar-refractivity contribution in [3.05, 3.63) is 40.1 Å². The van der Waals surface area contributed by atoms with Crippen molar-refractivity contribution in [3.8, 4) is 5.88 Å². The van der Waals surface area contributed by atoms with Crippen LogP contribution in [-0.4, -0.2) is 26.7 Å². The Morgan fingerprint density at radius 3 is 2.91 bits per heavy atom. The summed E-state index contributed by atoms with van der Waals surface area (Å²) < 4.78 is 5.10. The number of carbonyl (C=O) groups excluding carboxylic acids is 1. The number of furan rings is 1. The number of rotatable bonds is 6. The molecule has 0 aliphatic rings. The summed E-state index contributed by atoms with van der Waals surface area (Å²) in [7, 11) is 0. The van der Waals surface area contributed by atoms with E-state index < -0.39 is 0 Å². The molecule has 0 atom stereocenters. The fraction of sp³-hybridized carbons (Fsp3) is 0.357. The van der Waals surface area contributed by atoms with E-state index in [0.29, 0.717) is 12.3 Å². The van der Waals surface area contributed by atoms with Crippen molar-refractivity contribution < 1.29 is 14.3 Å². The number of nitrogens with one attached hydrogen (secondary N) is 2. The van der Waals surface area contributed by atoms with Crippen molar-refractivity contribution in [2.75, 3.05) is 5.75 Å². The predicted molar refractivity (Wildman–Crippen MR) is 81.9 cm³/mol. The molecule has 118 valence electrons. The van der Waals surface area contributed by atoms with Gasteiger partial charge in [-0.1, -0.05) is 25.6 Å². The molecule has 3 N–H and O–H groups in total. The maximum atomic E-state index is 11.8. The Balaban J connectivity index is 1.91. The summed E-state index contributed by atoms with van der Waals surface area (Å²) in [6.07, 6.45) is 1.53. The molecule has 22 heavy (non-hydrogen) atoms. The molecule has 0 unspecified atom stereocenters. The third-order valence-corrected chi connectivity index (χ3v) is 3.74. The number of H-pyrrole nitrogens is 1. The van der Waals surface area contributed by atoms with Crippen LogP contribution in [0.2, 0.25) is 0 Å². The van der Waals surface area contributed by atoms with Crippen LogP contribution in [0.4, 0.5) is 0 Å². The Labute approximate surface area is 131 Å². The number of aromatic amines is 1. The maximum absolute atomic E-state index is 11.8. The number of nitrogens with zero attached hydrogens (tertiary/aromatic N) is 1. The topological polar surface area (TPSA) is 108 Å². The number of carbonyl (C=O) groups is 1. The van der Waals surface area contributed by atoms with Gasteiger partial charge in [0.1, 0.15) is 5.76 Å². The molecule has 8 heteroatoms. The molecule has 2 aromatic heterocycles. The van der Waals surface area contributed by atoms with E-state index >= 15 is 0 Å². The van der Waals surface area contributed by atoms with Crippen molar-refractivity contribution in [2.24, 2.45) is 0 Å². The lowest BCUT2D eigenvalue weighted by Gasteiger charge is -2.08. The molecule has 0 aromatic carbocycles. The third-order valence-electron chi connectivity index (χ3n) is 2.87. The first-order valence-corrected chi connectivity index (χ1v) is 7.71. The summed E-state index contributed by atoms with van der Waals surface area (Å²) in [5.41, 5.74) is -0.146. The highest BCUT2D eigenvalue weighted by Crippen LogP contribution is 2.21. The van der Waals surface area contributed by atoms with Gasteiger partial charge in [-0.15, -0.1) is 0 Å². The molecule has 0 saturated carbocycles. The highest BCUT2D eigenvalue weighted by molar-refractivity contribution is 7.99. The zero-order chi connectivity index (χ0) is 16.1. The van der Waals surface area contributed by atoms with Crippen LogP contribution < -0.4 is 10.9 Å². The van der Waals surface area contributed by atoms with Crippen molar-refractivity contribution in [3.63, 3.8) is 0 Å². The Morgan fingerprint density at radius 1 is 1.55 bits per heavy atom. The minimum absolute atomic E-state index is 0.0735. The van der Waals surface area contributed by atoms with E-state index in [9.17, 15) is 14.7 Å². The largest absolute Gasteiger partial charge is 0.493 e. The Kier molecular flexibility index (Phi) is 5.26. The normalized spacial score (nSPS) is 10.9. The summed E-state index contributed by atoms with van der Waals surface area (Å²) in [5, 5.41) is 12.7. The van der Waals surface area contributed by atoms with Gasteiger partial charge in [-0.25, -0.2) is 0 Å². The van der Waals surface area contributed by atoms with Crippen LogP contribution in [0.25, 0.3) is 0 Å². The molecule has 0 radical (unpaired) electrons. The minimum Gasteiger partial charge on any atom is -0.493 e. The predicted octanol–water partition coefficient (Wildman–Crippen LogP) is 1.60. The van der Waals surface area contributed by atoms with Crippen LogP contribution in [0.1, 0.15) is 31.1 Å². The second-order valence-electron chi connectivity index (χ2n) is 4.91. The second kappa shape index (κ2) is 7.17. The molecule has 2 rings (SSSR count). The van der Waals surface area contributed by atoms with Crippen LogP contribution in [0.15, 0.2) is 32.8 Å². The van der Waals surface area contributed by atoms with Crippen molar-refractivity contribution >= 4 is 17.7 Å². The number of amides is 1. The van der Waals surface area contributed by atoms with Gasteiger partial charge in [0.15, 0.2) is 5.16 Å². The maximum Gasteiger partial charge on any atom is 0.258 e. The molecule has 7 nitrogen and oxygen atoms in total. The lowest BCUT2D eigenvalue weighted by Crippen LogP contribution is -2.24. The van der Waals surface area contributed by atoms with E-state index in [2.05, 4.69) is 15.3 Å². The summed E-state index contributed by atoms with van der Waals surface area (Å²) in [4.78, 5) is 30.0. The summed E-state index contributed by atoms with van der Waals surface area (Å²) >= 11 is 1.05.